The zero-order valence-corrected chi connectivity index (χ0v) is 15.8. The molecule has 1 aromatic rings. The monoisotopic (exact) mass is 430 g/mol. The van der Waals surface area contributed by atoms with Crippen molar-refractivity contribution in [1.82, 2.24) is 0 Å². The van der Waals surface area contributed by atoms with Crippen molar-refractivity contribution in [2.75, 3.05) is 0 Å². The Hall–Kier alpha value is -4.55. The molecule has 13 heteroatoms. The number of benzene rings is 1. The fourth-order valence-electron chi connectivity index (χ4n) is 2.59. The van der Waals surface area contributed by atoms with Crippen LogP contribution in [-0.2, 0) is 14.4 Å². The van der Waals surface area contributed by atoms with Crippen molar-refractivity contribution in [1.29, 1.82) is 0 Å². The second-order valence-corrected chi connectivity index (χ2v) is 6.54. The number of nitrogens with zero attached hydrogens (tertiary/aromatic N) is 4. The van der Waals surface area contributed by atoms with Crippen molar-refractivity contribution in [2.24, 2.45) is 15.6 Å². The molecule has 1 heterocycles. The molecule has 0 aromatic heterocycles. The molecule has 0 saturated heterocycles. The summed E-state index contributed by atoms with van der Waals surface area (Å²) in [4.78, 5) is 51.8. The van der Waals surface area contributed by atoms with E-state index in [9.17, 15) is 34.6 Å². The summed E-state index contributed by atoms with van der Waals surface area (Å²) in [7, 11) is 0. The Bertz CT molecular complexity index is 1120. The van der Waals surface area contributed by atoms with Crippen LogP contribution in [0, 0.1) is 25.6 Å². The van der Waals surface area contributed by atoms with E-state index in [1.54, 1.807) is 0 Å². The average Bonchev–Trinajstić information content (AvgIpc) is 3.14. The van der Waals surface area contributed by atoms with Gasteiger partial charge in [-0.1, -0.05) is 18.2 Å². The summed E-state index contributed by atoms with van der Waals surface area (Å²) in [5.74, 6) is -2.64. The second-order valence-electron chi connectivity index (χ2n) is 6.54. The van der Waals surface area contributed by atoms with E-state index in [-0.39, 0.29) is 23.3 Å². The van der Waals surface area contributed by atoms with Gasteiger partial charge < -0.3 is 10.2 Å². The highest BCUT2D eigenvalue weighted by Crippen LogP contribution is 2.32. The third-order valence-electron chi connectivity index (χ3n) is 4.26. The number of aliphatic carboxylic acids is 2. The second kappa shape index (κ2) is 8.86. The molecule has 1 unspecified atom stereocenters. The van der Waals surface area contributed by atoms with Crippen LogP contribution in [0.3, 0.4) is 0 Å². The number of carbonyl (C=O) groups excluding carboxylic acids is 1. The van der Waals surface area contributed by atoms with Gasteiger partial charge in [0.15, 0.2) is 0 Å². The number of carbonyl (C=O) groups is 3. The van der Waals surface area contributed by atoms with Crippen molar-refractivity contribution in [3.05, 3.63) is 73.9 Å². The van der Waals surface area contributed by atoms with Crippen LogP contribution in [-0.4, -0.2) is 37.9 Å². The Morgan fingerprint density at radius 3 is 2.23 bits per heavy atom. The van der Waals surface area contributed by atoms with Crippen LogP contribution in [0.4, 0.5) is 11.4 Å². The summed E-state index contributed by atoms with van der Waals surface area (Å²) in [5.41, 5.74) is -1.87. The van der Waals surface area contributed by atoms with E-state index < -0.39 is 44.5 Å². The number of carboxylic acids is 2. The van der Waals surface area contributed by atoms with E-state index >= 15 is 0 Å². The highest BCUT2D eigenvalue weighted by atomic mass is 16.6. The molecule has 2 aliphatic rings. The molecule has 13 nitrogen and oxygen atoms in total. The third kappa shape index (κ3) is 5.29. The van der Waals surface area contributed by atoms with Gasteiger partial charge in [-0.25, -0.2) is 4.79 Å². The minimum atomic E-state index is -1.08. The first-order chi connectivity index (χ1) is 14.4. The maximum atomic E-state index is 10.8. The van der Waals surface area contributed by atoms with Gasteiger partial charge in [0.1, 0.15) is 0 Å². The fourth-order valence-corrected chi connectivity index (χ4v) is 2.59. The Morgan fingerprint density at radius 1 is 1.10 bits per heavy atom. The zero-order valence-electron chi connectivity index (χ0n) is 15.8. The summed E-state index contributed by atoms with van der Waals surface area (Å²) in [6.07, 6.45) is 5.52. The number of azo groups is 1. The van der Waals surface area contributed by atoms with Crippen LogP contribution in [0.2, 0.25) is 0 Å². The number of allylic oxidation sites excluding steroid dienone is 2. The van der Waals surface area contributed by atoms with Gasteiger partial charge in [-0.3, -0.25) is 29.8 Å². The van der Waals surface area contributed by atoms with Gasteiger partial charge in [0, 0.05) is 29.3 Å². The summed E-state index contributed by atoms with van der Waals surface area (Å²) < 4.78 is 0. The Kier molecular flexibility index (Phi) is 6.49. The van der Waals surface area contributed by atoms with Crippen molar-refractivity contribution >= 4 is 34.9 Å². The molecule has 160 valence electrons. The first kappa shape index (κ1) is 22.7. The van der Waals surface area contributed by atoms with E-state index in [4.69, 9.17) is 10.2 Å². The zero-order chi connectivity index (χ0) is 23.3. The molecule has 0 fully saturated rings. The van der Waals surface area contributed by atoms with Crippen LogP contribution in [0.15, 0.2) is 58.3 Å². The lowest BCUT2D eigenvalue weighted by molar-refractivity contribution is -0.422. The van der Waals surface area contributed by atoms with Gasteiger partial charge in [-0.05, 0) is 19.4 Å². The molecular formula is C18H14N4O9. The van der Waals surface area contributed by atoms with Gasteiger partial charge >= 0.3 is 23.3 Å². The molecule has 0 bridgehead atoms. The number of amides is 1. The lowest BCUT2D eigenvalue weighted by atomic mass is 9.80. The predicted molar refractivity (Wildman–Crippen MR) is 103 cm³/mol. The topological polar surface area (TPSA) is 203 Å². The smallest absolute Gasteiger partial charge is 0.346 e. The molecular weight excluding hydrogens is 416 g/mol. The molecule has 2 N–H and O–H groups in total. The maximum Gasteiger partial charge on any atom is 0.346 e. The number of rotatable bonds is 5. The Balaban J connectivity index is 0.000000233. The number of nitro groups is 2. The highest BCUT2D eigenvalue weighted by molar-refractivity contribution is 5.98. The van der Waals surface area contributed by atoms with Gasteiger partial charge in [0.05, 0.1) is 21.0 Å². The van der Waals surface area contributed by atoms with E-state index in [2.05, 4.69) is 10.2 Å². The summed E-state index contributed by atoms with van der Waals surface area (Å²) in [6.45, 7) is 1.50. The number of hydrogen-bond donors (Lipinski definition) is 2. The first-order valence-corrected chi connectivity index (χ1v) is 8.40. The standard InChI is InChI=1S/C9H4N4O5.C9H10O4/c14-9-4-6(10-11-9)5-1-2-7(12(15)16)8(3-5)13(17)18;1-9(8(12)13)4-2-3-6(5-9)7(10)11/h1-4H;2-4H,5H2,1H3,(H,10,11)(H,12,13). The quantitative estimate of drug-likeness (QED) is 0.520. The lowest BCUT2D eigenvalue weighted by Gasteiger charge is -2.23. The Morgan fingerprint density at radius 2 is 1.74 bits per heavy atom. The van der Waals surface area contributed by atoms with Crippen molar-refractivity contribution < 1.29 is 34.4 Å². The maximum absolute atomic E-state index is 10.8. The van der Waals surface area contributed by atoms with Crippen molar-refractivity contribution in [3.8, 4) is 0 Å². The van der Waals surface area contributed by atoms with Crippen LogP contribution in [0.25, 0.3) is 5.70 Å². The predicted octanol–water partition coefficient (Wildman–Crippen LogP) is 2.88. The molecule has 1 atom stereocenters. The number of nitro benzene ring substituents is 2. The van der Waals surface area contributed by atoms with E-state index in [0.717, 1.165) is 18.2 Å². The molecule has 0 spiro atoms. The van der Waals surface area contributed by atoms with Crippen LogP contribution >= 0.6 is 0 Å². The minimum absolute atomic E-state index is 0.0359. The number of hydrogen-bond acceptors (Lipinski definition) is 8. The average molecular weight is 430 g/mol. The van der Waals surface area contributed by atoms with E-state index in [1.807, 2.05) is 0 Å². The normalized spacial score (nSPS) is 19.1. The van der Waals surface area contributed by atoms with Crippen LogP contribution in [0.1, 0.15) is 18.9 Å². The number of carboxylic acid groups (broad SMARTS) is 2. The third-order valence-corrected chi connectivity index (χ3v) is 4.26. The van der Waals surface area contributed by atoms with E-state index in [1.165, 1.54) is 31.2 Å². The largest absolute Gasteiger partial charge is 0.481 e. The molecule has 31 heavy (non-hydrogen) atoms. The molecule has 1 amide bonds. The summed E-state index contributed by atoms with van der Waals surface area (Å²) >= 11 is 0. The fraction of sp³-hybridized carbons (Fsp3) is 0.167. The van der Waals surface area contributed by atoms with Crippen LogP contribution in [0.5, 0.6) is 0 Å². The molecule has 1 aliphatic carbocycles. The molecule has 1 aliphatic heterocycles. The van der Waals surface area contributed by atoms with Gasteiger partial charge in [-0.15, -0.1) is 10.2 Å². The molecule has 0 saturated carbocycles. The van der Waals surface area contributed by atoms with Crippen molar-refractivity contribution in [3.63, 3.8) is 0 Å². The van der Waals surface area contributed by atoms with Crippen LogP contribution < -0.4 is 0 Å². The summed E-state index contributed by atoms with van der Waals surface area (Å²) in [6, 6.07) is 3.25. The van der Waals surface area contributed by atoms with Gasteiger partial charge in [-0.2, -0.15) is 0 Å². The van der Waals surface area contributed by atoms with Gasteiger partial charge in [0.2, 0.25) is 0 Å². The SMILES string of the molecule is CC1(C(=O)O)C=CC=C(C(=O)O)C1.O=C1C=C(c2ccc([N+](=O)[O-])c([N+](=O)[O-])c2)N=N1. The first-order valence-electron chi connectivity index (χ1n) is 8.40. The lowest BCUT2D eigenvalue weighted by Crippen LogP contribution is -2.28. The van der Waals surface area contributed by atoms with E-state index in [0.29, 0.717) is 0 Å². The Labute approximate surface area is 173 Å². The minimum Gasteiger partial charge on any atom is -0.481 e. The van der Waals surface area contributed by atoms with Crippen molar-refractivity contribution in [2.45, 2.75) is 13.3 Å². The highest BCUT2D eigenvalue weighted by Gasteiger charge is 2.34. The molecule has 1 aromatic carbocycles. The molecule has 3 rings (SSSR count). The summed E-state index contributed by atoms with van der Waals surface area (Å²) in [5, 5.41) is 45.5. The van der Waals surface area contributed by atoms with Gasteiger partial charge in [0.25, 0.3) is 5.91 Å². The molecule has 0 radical (unpaired) electrons.